The molecule has 1 aliphatic heterocycles. The Kier molecular flexibility index (Phi) is 4.83. The van der Waals surface area contributed by atoms with Crippen molar-refractivity contribution < 1.29 is 14.3 Å². The van der Waals surface area contributed by atoms with Gasteiger partial charge in [0.1, 0.15) is 0 Å². The van der Waals surface area contributed by atoms with Crippen molar-refractivity contribution in [2.75, 3.05) is 25.1 Å². The minimum atomic E-state index is -0.203. The first kappa shape index (κ1) is 17.2. The molecule has 138 valence electrons. The average molecular weight is 362 g/mol. The first-order valence-electron chi connectivity index (χ1n) is 9.23. The highest BCUT2D eigenvalue weighted by Crippen LogP contribution is 2.38. The molecule has 0 aromatic heterocycles. The third-order valence-corrected chi connectivity index (χ3v) is 4.57. The van der Waals surface area contributed by atoms with Crippen LogP contribution in [0, 0.1) is 0 Å². The van der Waals surface area contributed by atoms with Crippen LogP contribution in [0.5, 0.6) is 11.5 Å². The highest BCUT2D eigenvalue weighted by atomic mass is 16.5. The third-order valence-electron chi connectivity index (χ3n) is 4.57. The van der Waals surface area contributed by atoms with E-state index in [1.165, 1.54) is 0 Å². The van der Waals surface area contributed by atoms with Gasteiger partial charge in [0.15, 0.2) is 11.5 Å². The molecular weight excluding hydrogens is 340 g/mol. The van der Waals surface area contributed by atoms with Crippen LogP contribution in [0.3, 0.4) is 0 Å². The average Bonchev–Trinajstić information content (AvgIpc) is 2.93. The molecule has 0 saturated heterocycles. The van der Waals surface area contributed by atoms with E-state index in [2.05, 4.69) is 16.7 Å². The fourth-order valence-electron chi connectivity index (χ4n) is 3.32. The van der Waals surface area contributed by atoms with Crippen molar-refractivity contribution in [1.82, 2.24) is 5.32 Å². The second-order valence-corrected chi connectivity index (χ2v) is 6.40. The van der Waals surface area contributed by atoms with Gasteiger partial charge in [0.2, 0.25) is 0 Å². The van der Waals surface area contributed by atoms with Crippen molar-refractivity contribution in [2.24, 2.45) is 0 Å². The summed E-state index contributed by atoms with van der Waals surface area (Å²) in [7, 11) is 0. The van der Waals surface area contributed by atoms with Crippen LogP contribution >= 0.6 is 0 Å². The molecule has 0 bridgehead atoms. The maximum Gasteiger partial charge on any atom is 0.319 e. The van der Waals surface area contributed by atoms with Gasteiger partial charge in [-0.3, -0.25) is 0 Å². The lowest BCUT2D eigenvalue weighted by molar-refractivity contribution is 0.252. The summed E-state index contributed by atoms with van der Waals surface area (Å²) in [6.45, 7) is 3.81. The predicted molar refractivity (Wildman–Crippen MR) is 108 cm³/mol. The van der Waals surface area contributed by atoms with E-state index in [0.717, 1.165) is 45.5 Å². The molecule has 0 radical (unpaired) electrons. The zero-order valence-corrected chi connectivity index (χ0v) is 15.2. The number of carbonyl (C=O) groups is 1. The van der Waals surface area contributed by atoms with Gasteiger partial charge in [-0.05, 0) is 41.6 Å². The predicted octanol–water partition coefficient (Wildman–Crippen LogP) is 4.81. The second-order valence-electron chi connectivity index (χ2n) is 6.40. The van der Waals surface area contributed by atoms with Gasteiger partial charge < -0.3 is 20.1 Å². The normalized spacial score (nSPS) is 13.1. The summed E-state index contributed by atoms with van der Waals surface area (Å²) in [4.78, 5) is 12.0. The number of anilines is 1. The van der Waals surface area contributed by atoms with E-state index < -0.39 is 0 Å². The molecular formula is C22H22N2O3. The number of urea groups is 1. The van der Waals surface area contributed by atoms with Gasteiger partial charge in [0.05, 0.1) is 18.9 Å². The van der Waals surface area contributed by atoms with Gasteiger partial charge >= 0.3 is 6.03 Å². The quantitative estimate of drug-likeness (QED) is 0.703. The Morgan fingerprint density at radius 3 is 2.56 bits per heavy atom. The summed E-state index contributed by atoms with van der Waals surface area (Å²) in [5.41, 5.74) is 2.93. The molecule has 0 fully saturated rings. The van der Waals surface area contributed by atoms with Crippen molar-refractivity contribution in [1.29, 1.82) is 0 Å². The number of nitrogens with one attached hydrogen (secondary N) is 2. The van der Waals surface area contributed by atoms with E-state index in [9.17, 15) is 4.79 Å². The standard InChI is InChI=1S/C22H22N2O3/c1-2-23-22(25)24-19-10-9-16(17-6-3-4-7-18(17)19)15-8-11-20-21(14-15)27-13-5-12-26-20/h3-4,6-11,14H,2,5,12-13H2,1H3,(H2,23,24,25). The van der Waals surface area contributed by atoms with Crippen molar-refractivity contribution >= 4 is 22.5 Å². The molecule has 0 spiro atoms. The molecule has 5 nitrogen and oxygen atoms in total. The van der Waals surface area contributed by atoms with Crippen molar-refractivity contribution in [3.63, 3.8) is 0 Å². The first-order valence-corrected chi connectivity index (χ1v) is 9.23. The molecule has 0 saturated carbocycles. The summed E-state index contributed by atoms with van der Waals surface area (Å²) < 4.78 is 11.6. The van der Waals surface area contributed by atoms with E-state index >= 15 is 0 Å². The smallest absolute Gasteiger partial charge is 0.319 e. The molecule has 1 heterocycles. The molecule has 3 aromatic carbocycles. The minimum absolute atomic E-state index is 0.203. The van der Waals surface area contributed by atoms with Gasteiger partial charge in [0.25, 0.3) is 0 Å². The molecule has 5 heteroatoms. The van der Waals surface area contributed by atoms with Gasteiger partial charge in [0, 0.05) is 18.4 Å². The van der Waals surface area contributed by atoms with Gasteiger partial charge in [-0.15, -0.1) is 0 Å². The second kappa shape index (κ2) is 7.58. The maximum absolute atomic E-state index is 12.0. The number of hydrogen-bond donors (Lipinski definition) is 2. The fraction of sp³-hybridized carbons (Fsp3) is 0.227. The molecule has 4 rings (SSSR count). The SMILES string of the molecule is CCNC(=O)Nc1ccc(-c2ccc3c(c2)OCCCO3)c2ccccc12. The van der Waals surface area contributed by atoms with E-state index in [1.807, 2.05) is 55.5 Å². The Bertz CT molecular complexity index is 984. The van der Waals surface area contributed by atoms with Crippen molar-refractivity contribution in [2.45, 2.75) is 13.3 Å². The van der Waals surface area contributed by atoms with Crippen LogP contribution in [0.2, 0.25) is 0 Å². The van der Waals surface area contributed by atoms with Crippen LogP contribution in [0.1, 0.15) is 13.3 Å². The molecule has 3 aromatic rings. The monoisotopic (exact) mass is 362 g/mol. The van der Waals surface area contributed by atoms with E-state index in [0.29, 0.717) is 19.8 Å². The number of ether oxygens (including phenoxy) is 2. The number of fused-ring (bicyclic) bond motifs is 2. The lowest BCUT2D eigenvalue weighted by Crippen LogP contribution is -2.28. The Morgan fingerprint density at radius 1 is 0.963 bits per heavy atom. The van der Waals surface area contributed by atoms with Gasteiger partial charge in [-0.1, -0.05) is 36.4 Å². The van der Waals surface area contributed by atoms with E-state index in [4.69, 9.17) is 9.47 Å². The summed E-state index contributed by atoms with van der Waals surface area (Å²) in [5, 5.41) is 7.76. The number of amides is 2. The Labute approximate surface area is 158 Å². The Morgan fingerprint density at radius 2 is 1.74 bits per heavy atom. The minimum Gasteiger partial charge on any atom is -0.490 e. The van der Waals surface area contributed by atoms with Gasteiger partial charge in [-0.25, -0.2) is 4.79 Å². The van der Waals surface area contributed by atoms with Crippen molar-refractivity contribution in [3.8, 4) is 22.6 Å². The number of rotatable bonds is 3. The zero-order chi connectivity index (χ0) is 18.6. The molecule has 1 aliphatic rings. The lowest BCUT2D eigenvalue weighted by atomic mass is 9.97. The summed E-state index contributed by atoms with van der Waals surface area (Å²) in [6.07, 6.45) is 0.882. The zero-order valence-electron chi connectivity index (χ0n) is 15.2. The molecule has 0 aliphatic carbocycles. The number of carbonyl (C=O) groups excluding carboxylic acids is 1. The number of benzene rings is 3. The molecule has 0 unspecified atom stereocenters. The van der Waals surface area contributed by atoms with Crippen LogP contribution in [0.15, 0.2) is 54.6 Å². The summed E-state index contributed by atoms with van der Waals surface area (Å²) >= 11 is 0. The molecule has 2 N–H and O–H groups in total. The Hall–Kier alpha value is -3.21. The van der Waals surface area contributed by atoms with E-state index in [1.54, 1.807) is 0 Å². The fourth-order valence-corrected chi connectivity index (χ4v) is 3.32. The maximum atomic E-state index is 12.0. The molecule has 27 heavy (non-hydrogen) atoms. The third kappa shape index (κ3) is 3.53. The first-order chi connectivity index (χ1) is 13.3. The largest absolute Gasteiger partial charge is 0.490 e. The molecule has 2 amide bonds. The molecule has 0 atom stereocenters. The van der Waals surface area contributed by atoms with Crippen LogP contribution in [0.4, 0.5) is 10.5 Å². The topological polar surface area (TPSA) is 59.6 Å². The summed E-state index contributed by atoms with van der Waals surface area (Å²) in [5.74, 6) is 1.56. The van der Waals surface area contributed by atoms with Crippen LogP contribution in [-0.2, 0) is 0 Å². The van der Waals surface area contributed by atoms with Gasteiger partial charge in [-0.2, -0.15) is 0 Å². The Balaban J connectivity index is 1.77. The van der Waals surface area contributed by atoms with Crippen LogP contribution < -0.4 is 20.1 Å². The lowest BCUT2D eigenvalue weighted by Gasteiger charge is -2.14. The van der Waals surface area contributed by atoms with Crippen molar-refractivity contribution in [3.05, 3.63) is 54.6 Å². The number of hydrogen-bond acceptors (Lipinski definition) is 3. The summed E-state index contributed by atoms with van der Waals surface area (Å²) in [6, 6.07) is 17.9. The van der Waals surface area contributed by atoms with Crippen LogP contribution in [-0.4, -0.2) is 25.8 Å². The van der Waals surface area contributed by atoms with Crippen LogP contribution in [0.25, 0.3) is 21.9 Å². The van der Waals surface area contributed by atoms with E-state index in [-0.39, 0.29) is 6.03 Å². The highest BCUT2D eigenvalue weighted by Gasteiger charge is 2.14. The highest BCUT2D eigenvalue weighted by molar-refractivity contribution is 6.07.